The quantitative estimate of drug-likeness (QED) is 0.128. The van der Waals surface area contributed by atoms with Crippen LogP contribution in [0.15, 0.2) is 328 Å². The van der Waals surface area contributed by atoms with Crippen LogP contribution >= 0.6 is 0 Å². The molecule has 0 radical (unpaired) electrons. The van der Waals surface area contributed by atoms with Gasteiger partial charge in [0, 0.05) is 76.6 Å². The summed E-state index contributed by atoms with van der Waals surface area (Å²) < 4.78 is 10.0. The van der Waals surface area contributed by atoms with Crippen LogP contribution in [0, 0.1) is 0 Å². The van der Waals surface area contributed by atoms with E-state index in [1.807, 2.05) is 0 Å². The maximum Gasteiger partial charge on any atom is 0.0782 e. The fraction of sp³-hybridized carbons (Fsp3) is 0.0833. The van der Waals surface area contributed by atoms with Crippen LogP contribution in [-0.2, 0) is 10.8 Å². The highest BCUT2D eigenvalue weighted by Crippen LogP contribution is 2.57. The van der Waals surface area contributed by atoms with E-state index in [9.17, 15) is 0 Å². The van der Waals surface area contributed by atoms with Gasteiger partial charge in [-0.2, -0.15) is 0 Å². The van der Waals surface area contributed by atoms with Crippen molar-refractivity contribution < 1.29 is 0 Å². The Morgan fingerprint density at radius 2 is 0.422 bits per heavy atom. The van der Waals surface area contributed by atoms with E-state index in [1.165, 1.54) is 75.8 Å². The normalized spacial score (nSPS) is 12.4. The fourth-order valence-electron chi connectivity index (χ4n) is 17.5. The van der Waals surface area contributed by atoms with Crippen LogP contribution in [0.1, 0.15) is 52.7 Å². The van der Waals surface area contributed by atoms with Gasteiger partial charge in [-0.1, -0.05) is 260 Å². The van der Waals surface area contributed by atoms with E-state index < -0.39 is 0 Å². The summed E-state index contributed by atoms with van der Waals surface area (Å²) in [5.74, 6) is 0. The second-order valence-corrected chi connectivity index (χ2v) is 29.6. The van der Waals surface area contributed by atoms with Crippen molar-refractivity contribution in [1.29, 1.82) is 0 Å². The number of fused-ring (bicyclic) bond motifs is 12. The highest BCUT2D eigenvalue weighted by atomic mass is 15.2. The average Bonchev–Trinajstić information content (AvgIpc) is 1.30. The van der Waals surface area contributed by atoms with Crippen molar-refractivity contribution in [3.05, 3.63) is 339 Å². The second kappa shape index (κ2) is 22.4. The van der Waals surface area contributed by atoms with E-state index in [2.05, 4.69) is 397 Å². The molecule has 0 bridgehead atoms. The van der Waals surface area contributed by atoms with Crippen molar-refractivity contribution in [2.75, 3.05) is 9.80 Å². The number of benzene rings is 16. The van der Waals surface area contributed by atoms with Gasteiger partial charge < -0.3 is 28.1 Å². The smallest absolute Gasteiger partial charge is 0.0782 e. The Hall–Kier alpha value is -12.6. The Labute approximate surface area is 591 Å². The lowest BCUT2D eigenvalue weighted by Crippen LogP contribution is -2.18. The maximum atomic E-state index is 2.66. The zero-order valence-electron chi connectivity index (χ0n) is 57.9. The van der Waals surface area contributed by atoms with Crippen LogP contribution in [-0.4, -0.2) is 18.3 Å². The van der Waals surface area contributed by atoms with Gasteiger partial charge in [-0.05, 0) is 153 Å². The molecule has 0 fully saturated rings. The first-order valence-electron chi connectivity index (χ1n) is 35.7. The van der Waals surface area contributed by atoms with E-state index >= 15 is 0 Å². The lowest BCUT2D eigenvalue weighted by molar-refractivity contribution is 0.595. The third kappa shape index (κ3) is 8.72. The summed E-state index contributed by atoms with van der Waals surface area (Å²) in [5.41, 5.74) is 21.9. The topological polar surface area (TPSA) is 26.2 Å². The largest absolute Gasteiger partial charge is 0.307 e. The molecular weight excluding hydrogens is 1240 g/mol. The summed E-state index contributed by atoms with van der Waals surface area (Å²) in [6.45, 7) is 14.4. The highest BCUT2D eigenvalue weighted by molar-refractivity contribution is 6.31. The molecule has 0 spiro atoms. The van der Waals surface area contributed by atoms with E-state index in [0.29, 0.717) is 0 Å². The number of hydrogen-bond donors (Lipinski definition) is 0. The van der Waals surface area contributed by atoms with Gasteiger partial charge in [0.05, 0.1) is 78.3 Å². The van der Waals surface area contributed by atoms with Crippen molar-refractivity contribution in [2.45, 2.75) is 52.4 Å². The first kappa shape index (κ1) is 59.4. The van der Waals surface area contributed by atoms with Gasteiger partial charge in [0.1, 0.15) is 0 Å². The summed E-state index contributed by atoms with van der Waals surface area (Å²) in [7, 11) is 0. The van der Waals surface area contributed by atoms with Crippen molar-refractivity contribution >= 4 is 154 Å². The number of para-hydroxylation sites is 12. The molecule has 0 aliphatic rings. The molecule has 0 unspecified atom stereocenters. The monoisotopic (exact) mass is 1310 g/mol. The lowest BCUT2D eigenvalue weighted by Gasteiger charge is -2.34. The molecule has 102 heavy (non-hydrogen) atoms. The third-order valence-corrected chi connectivity index (χ3v) is 21.7. The summed E-state index contributed by atoms with van der Waals surface area (Å²) in [6, 6.07) is 123. The Morgan fingerprint density at radius 1 is 0.196 bits per heavy atom. The van der Waals surface area contributed by atoms with Gasteiger partial charge in [-0.25, -0.2) is 0 Å². The lowest BCUT2D eigenvalue weighted by atomic mass is 9.77. The standard InChI is InChI=1S/C96H72N6/c1-95(2,3)77-59-87(101(83-51-27-43-69-65-39-19-23-47-79(65)97(91(69)83)61-31-11-7-12-32-61)84-52-28-44-70-66-40-20-24-48-80(66)98(92(70)84)62-33-13-8-14-34-62)75-58-56-74-78(96(4,5)6)60-88(76-57-55-73(77)89(75)90(74)76)102(85-53-29-45-71-67-41-21-25-49-81(67)99(93(71)85)63-35-15-9-16-36-63)86-54-30-46-72-68-42-22-26-50-82(68)100(94(72)86)64-37-17-10-18-38-64/h7-60H,1-6H3. The van der Waals surface area contributed by atoms with Crippen molar-refractivity contribution in [3.63, 3.8) is 0 Å². The van der Waals surface area contributed by atoms with Gasteiger partial charge in [0.15, 0.2) is 0 Å². The minimum Gasteiger partial charge on any atom is -0.307 e. The summed E-state index contributed by atoms with van der Waals surface area (Å²) in [4.78, 5) is 5.32. The van der Waals surface area contributed by atoms with Crippen LogP contribution in [0.2, 0.25) is 0 Å². The number of hydrogen-bond acceptors (Lipinski definition) is 2. The molecule has 4 aromatic heterocycles. The van der Waals surface area contributed by atoms with Crippen molar-refractivity contribution in [2.24, 2.45) is 0 Å². The molecule has 16 aromatic carbocycles. The van der Waals surface area contributed by atoms with E-state index in [1.54, 1.807) is 0 Å². The van der Waals surface area contributed by atoms with E-state index in [4.69, 9.17) is 0 Å². The molecule has 0 amide bonds. The SMILES string of the molecule is CC(C)(C)c1cc(N(c2cccc3c4ccccc4n(-c4ccccc4)c23)c2cccc3c4ccccc4n(-c4ccccc4)c23)c2ccc3c(C(C)(C)C)cc(N(c4cccc5c6ccccc6n(-c6ccccc6)c45)c4cccc5c6ccccc6n(-c6ccccc6)c45)c4ccc1c2c43. The predicted molar refractivity (Wildman–Crippen MR) is 434 cm³/mol. The van der Waals surface area contributed by atoms with Crippen LogP contribution in [0.25, 0.3) is 142 Å². The van der Waals surface area contributed by atoms with Crippen molar-refractivity contribution in [1.82, 2.24) is 18.3 Å². The van der Waals surface area contributed by atoms with E-state index in [0.717, 1.165) is 112 Å². The van der Waals surface area contributed by atoms with Gasteiger partial charge in [0.2, 0.25) is 0 Å². The molecule has 0 atom stereocenters. The molecule has 4 heterocycles. The minimum absolute atomic E-state index is 0.332. The van der Waals surface area contributed by atoms with Gasteiger partial charge in [-0.3, -0.25) is 0 Å². The van der Waals surface area contributed by atoms with Crippen LogP contribution in [0.3, 0.4) is 0 Å². The number of nitrogens with zero attached hydrogens (tertiary/aromatic N) is 6. The number of aromatic nitrogens is 4. The molecule has 0 saturated carbocycles. The fourth-order valence-corrected chi connectivity index (χ4v) is 17.5. The molecule has 486 valence electrons. The van der Waals surface area contributed by atoms with Crippen LogP contribution in [0.5, 0.6) is 0 Å². The summed E-state index contributed by atoms with van der Waals surface area (Å²) in [5, 5.41) is 16.8. The molecule has 6 heteroatoms. The molecular formula is C96H72N6. The molecule has 0 N–H and O–H groups in total. The maximum absolute atomic E-state index is 2.66. The van der Waals surface area contributed by atoms with Crippen molar-refractivity contribution in [3.8, 4) is 22.7 Å². The van der Waals surface area contributed by atoms with E-state index in [-0.39, 0.29) is 10.8 Å². The second-order valence-electron chi connectivity index (χ2n) is 29.6. The van der Waals surface area contributed by atoms with Crippen LogP contribution < -0.4 is 9.80 Å². The summed E-state index contributed by atoms with van der Waals surface area (Å²) >= 11 is 0. The third-order valence-electron chi connectivity index (χ3n) is 21.7. The molecule has 20 aromatic rings. The zero-order chi connectivity index (χ0) is 68.3. The Balaban J connectivity index is 0.977. The molecule has 0 saturated heterocycles. The first-order chi connectivity index (χ1) is 50.0. The zero-order valence-corrected chi connectivity index (χ0v) is 57.9. The first-order valence-corrected chi connectivity index (χ1v) is 35.7. The highest BCUT2D eigenvalue weighted by Gasteiger charge is 2.34. The number of rotatable bonds is 10. The minimum atomic E-state index is -0.332. The Morgan fingerprint density at radius 3 is 0.676 bits per heavy atom. The van der Waals surface area contributed by atoms with Gasteiger partial charge in [0.25, 0.3) is 0 Å². The Bertz CT molecular complexity index is 6030. The Kier molecular flexibility index (Phi) is 13.1. The molecule has 0 aliphatic heterocycles. The average molecular weight is 1310 g/mol. The predicted octanol–water partition coefficient (Wildman–Crippen LogP) is 26.5. The van der Waals surface area contributed by atoms with Crippen LogP contribution in [0.4, 0.5) is 34.1 Å². The van der Waals surface area contributed by atoms with Gasteiger partial charge in [-0.15, -0.1) is 0 Å². The summed E-state index contributed by atoms with van der Waals surface area (Å²) in [6.07, 6.45) is 0. The molecule has 6 nitrogen and oxygen atoms in total. The molecule has 0 aliphatic carbocycles. The number of anilines is 6. The molecule has 20 rings (SSSR count). The van der Waals surface area contributed by atoms with Gasteiger partial charge >= 0.3 is 0 Å².